The van der Waals surface area contributed by atoms with Gasteiger partial charge in [-0.1, -0.05) is 145 Å². The summed E-state index contributed by atoms with van der Waals surface area (Å²) in [6.07, 6.45) is 0. The third kappa shape index (κ3) is 4.01. The van der Waals surface area contributed by atoms with Crippen molar-refractivity contribution in [3.63, 3.8) is 0 Å². The Balaban J connectivity index is 1.38. The first-order valence-corrected chi connectivity index (χ1v) is 16.5. The highest BCUT2D eigenvalue weighted by atomic mass is 15.1. The molecule has 8 rings (SSSR count). The van der Waals surface area contributed by atoms with E-state index in [0.717, 1.165) is 5.69 Å². The molecule has 0 saturated heterocycles. The molecule has 226 valence electrons. The van der Waals surface area contributed by atoms with E-state index in [1.165, 1.54) is 67.0 Å². The van der Waals surface area contributed by atoms with E-state index in [-0.39, 0.29) is 16.2 Å². The van der Waals surface area contributed by atoms with Crippen molar-refractivity contribution in [2.75, 3.05) is 4.90 Å². The molecule has 0 heterocycles. The van der Waals surface area contributed by atoms with Crippen LogP contribution in [0.1, 0.15) is 63.8 Å². The molecule has 6 aromatic rings. The Morgan fingerprint density at radius 1 is 0.391 bits per heavy atom. The lowest BCUT2D eigenvalue weighted by Crippen LogP contribution is -2.43. The molecule has 2 aliphatic rings. The van der Waals surface area contributed by atoms with Gasteiger partial charge in [0.05, 0.1) is 5.69 Å². The Morgan fingerprint density at radius 2 is 0.978 bits per heavy atom. The lowest BCUT2D eigenvalue weighted by molar-refractivity contribution is 0.299. The van der Waals surface area contributed by atoms with Crippen molar-refractivity contribution in [3.8, 4) is 33.4 Å². The number of para-hydroxylation sites is 1. The molecular weight excluding hydrogens is 555 g/mol. The monoisotopic (exact) mass is 595 g/mol. The summed E-state index contributed by atoms with van der Waals surface area (Å²) < 4.78 is 0. The zero-order chi connectivity index (χ0) is 31.8. The molecule has 0 aromatic heterocycles. The van der Waals surface area contributed by atoms with Crippen LogP contribution in [0.15, 0.2) is 140 Å². The standard InChI is InChI=1S/C45H41N/c1-43(2)38-22-14-13-20-34(38)35-21-15-23-41(42(35)43)46(32-18-11-8-12-19-32)33-25-27-40-37(29-33)36-28-31(30-16-9-7-10-17-30)24-26-39(36)44(3,4)45(40,5)6/h7-29H,1-6H3. The van der Waals surface area contributed by atoms with Gasteiger partial charge < -0.3 is 4.90 Å². The Morgan fingerprint density at radius 3 is 1.70 bits per heavy atom. The van der Waals surface area contributed by atoms with Crippen LogP contribution in [-0.2, 0) is 16.2 Å². The van der Waals surface area contributed by atoms with E-state index in [1.54, 1.807) is 0 Å². The van der Waals surface area contributed by atoms with E-state index >= 15 is 0 Å². The maximum atomic E-state index is 2.49. The number of nitrogens with zero attached hydrogens (tertiary/aromatic N) is 1. The van der Waals surface area contributed by atoms with Gasteiger partial charge in [-0.15, -0.1) is 0 Å². The van der Waals surface area contributed by atoms with Gasteiger partial charge in [-0.2, -0.15) is 0 Å². The highest BCUT2D eigenvalue weighted by Crippen LogP contribution is 2.57. The van der Waals surface area contributed by atoms with Crippen molar-refractivity contribution in [1.82, 2.24) is 0 Å². The summed E-state index contributed by atoms with van der Waals surface area (Å²) in [5, 5.41) is 0. The van der Waals surface area contributed by atoms with Gasteiger partial charge in [0.15, 0.2) is 0 Å². The average molecular weight is 596 g/mol. The van der Waals surface area contributed by atoms with Gasteiger partial charge >= 0.3 is 0 Å². The third-order valence-electron chi connectivity index (χ3n) is 11.4. The maximum absolute atomic E-state index is 2.49. The molecule has 0 fully saturated rings. The molecule has 0 radical (unpaired) electrons. The maximum Gasteiger partial charge on any atom is 0.0508 e. The summed E-state index contributed by atoms with van der Waals surface area (Å²) in [6, 6.07) is 51.8. The van der Waals surface area contributed by atoms with E-state index in [2.05, 4.69) is 186 Å². The Kier molecular flexibility index (Phi) is 6.25. The zero-order valence-electron chi connectivity index (χ0n) is 27.7. The second kappa shape index (κ2) is 10.1. The summed E-state index contributed by atoms with van der Waals surface area (Å²) >= 11 is 0. The van der Waals surface area contributed by atoms with E-state index in [1.807, 2.05) is 0 Å². The minimum atomic E-state index is -0.132. The Labute approximate surface area is 274 Å². The first-order valence-electron chi connectivity index (χ1n) is 16.5. The quantitative estimate of drug-likeness (QED) is 0.196. The molecule has 46 heavy (non-hydrogen) atoms. The van der Waals surface area contributed by atoms with Crippen LogP contribution in [0.25, 0.3) is 33.4 Å². The van der Waals surface area contributed by atoms with Gasteiger partial charge in [-0.3, -0.25) is 0 Å². The molecule has 0 saturated carbocycles. The molecule has 6 aromatic carbocycles. The van der Waals surface area contributed by atoms with Crippen molar-refractivity contribution in [3.05, 3.63) is 162 Å². The van der Waals surface area contributed by atoms with Crippen LogP contribution in [0.2, 0.25) is 0 Å². The molecule has 0 spiro atoms. The van der Waals surface area contributed by atoms with Gasteiger partial charge in [0.25, 0.3) is 0 Å². The largest absolute Gasteiger partial charge is 0.310 e. The average Bonchev–Trinajstić information content (AvgIpc) is 3.31. The minimum Gasteiger partial charge on any atom is -0.310 e. The Hall–Kier alpha value is -4.88. The smallest absolute Gasteiger partial charge is 0.0508 e. The van der Waals surface area contributed by atoms with Gasteiger partial charge in [-0.25, -0.2) is 0 Å². The van der Waals surface area contributed by atoms with Gasteiger partial charge in [-0.05, 0) is 103 Å². The van der Waals surface area contributed by atoms with Crippen LogP contribution in [0, 0.1) is 0 Å². The number of rotatable bonds is 4. The first kappa shape index (κ1) is 28.6. The molecule has 0 bridgehead atoms. The fraction of sp³-hybridized carbons (Fsp3) is 0.200. The summed E-state index contributed by atoms with van der Waals surface area (Å²) in [4.78, 5) is 2.49. The predicted molar refractivity (Wildman–Crippen MR) is 196 cm³/mol. The van der Waals surface area contributed by atoms with Crippen LogP contribution in [0.4, 0.5) is 17.1 Å². The van der Waals surface area contributed by atoms with Gasteiger partial charge in [0.2, 0.25) is 0 Å². The molecule has 1 heteroatoms. The molecule has 0 N–H and O–H groups in total. The number of hydrogen-bond donors (Lipinski definition) is 0. The van der Waals surface area contributed by atoms with Crippen molar-refractivity contribution in [2.24, 2.45) is 0 Å². The van der Waals surface area contributed by atoms with Crippen LogP contribution in [-0.4, -0.2) is 0 Å². The number of fused-ring (bicyclic) bond motifs is 6. The lowest BCUT2D eigenvalue weighted by Gasteiger charge is -2.48. The second-order valence-corrected chi connectivity index (χ2v) is 14.6. The van der Waals surface area contributed by atoms with E-state index in [4.69, 9.17) is 0 Å². The number of anilines is 3. The normalized spacial score (nSPS) is 16.1. The number of hydrogen-bond acceptors (Lipinski definition) is 1. The molecule has 2 aliphatic carbocycles. The van der Waals surface area contributed by atoms with Gasteiger partial charge in [0.1, 0.15) is 0 Å². The van der Waals surface area contributed by atoms with Crippen molar-refractivity contribution >= 4 is 17.1 Å². The van der Waals surface area contributed by atoms with E-state index in [9.17, 15) is 0 Å². The fourth-order valence-electron chi connectivity index (χ4n) is 8.24. The second-order valence-electron chi connectivity index (χ2n) is 14.6. The lowest BCUT2D eigenvalue weighted by atomic mass is 9.55. The van der Waals surface area contributed by atoms with Gasteiger partial charge in [0, 0.05) is 16.8 Å². The van der Waals surface area contributed by atoms with E-state index < -0.39 is 0 Å². The molecule has 1 nitrogen and oxygen atoms in total. The topological polar surface area (TPSA) is 3.24 Å². The van der Waals surface area contributed by atoms with Crippen LogP contribution in [0.5, 0.6) is 0 Å². The zero-order valence-corrected chi connectivity index (χ0v) is 27.7. The first-order chi connectivity index (χ1) is 22.1. The predicted octanol–water partition coefficient (Wildman–Crippen LogP) is 12.4. The van der Waals surface area contributed by atoms with Crippen LogP contribution in [0.3, 0.4) is 0 Å². The fourth-order valence-corrected chi connectivity index (χ4v) is 8.24. The molecule has 0 unspecified atom stereocenters. The SMILES string of the molecule is CC1(C)c2ccccc2-c2cccc(N(c3ccccc3)c3ccc4c(c3)-c3cc(-c5ccccc5)ccc3C(C)(C)C4(C)C)c21. The third-order valence-corrected chi connectivity index (χ3v) is 11.4. The van der Waals surface area contributed by atoms with Crippen molar-refractivity contribution in [1.29, 1.82) is 0 Å². The summed E-state index contributed by atoms with van der Waals surface area (Å²) in [6.45, 7) is 14.4. The van der Waals surface area contributed by atoms with Crippen LogP contribution >= 0.6 is 0 Å². The number of benzene rings is 6. The molecule has 0 aliphatic heterocycles. The summed E-state index contributed by atoms with van der Waals surface area (Å²) in [5.41, 5.74) is 16.8. The van der Waals surface area contributed by atoms with E-state index in [0.29, 0.717) is 0 Å². The van der Waals surface area contributed by atoms with Crippen LogP contribution < -0.4 is 4.90 Å². The molecule has 0 amide bonds. The van der Waals surface area contributed by atoms with Crippen molar-refractivity contribution < 1.29 is 0 Å². The molecule has 0 atom stereocenters. The van der Waals surface area contributed by atoms with Crippen molar-refractivity contribution in [2.45, 2.75) is 57.8 Å². The Bertz CT molecular complexity index is 2110. The highest BCUT2D eigenvalue weighted by Gasteiger charge is 2.46. The molecular formula is C45H41N. The minimum absolute atomic E-state index is 0.0404. The summed E-state index contributed by atoms with van der Waals surface area (Å²) in [7, 11) is 0. The highest BCUT2D eigenvalue weighted by molar-refractivity contribution is 5.92. The summed E-state index contributed by atoms with van der Waals surface area (Å²) in [5.74, 6) is 0.